The number of hydrogen-bond acceptors (Lipinski definition) is 3. The first-order valence-corrected chi connectivity index (χ1v) is 7.56. The van der Waals surface area contributed by atoms with E-state index in [0.717, 1.165) is 17.8 Å². The maximum absolute atomic E-state index is 12.8. The Hall–Kier alpha value is -1.85. The number of piperazine rings is 1. The average Bonchev–Trinajstić information content (AvgIpc) is 2.80. The maximum Gasteiger partial charge on any atom is 0.250 e. The summed E-state index contributed by atoms with van der Waals surface area (Å²) in [6, 6.07) is -0.924. The molecule has 1 saturated heterocycles. The summed E-state index contributed by atoms with van der Waals surface area (Å²) in [5.74, 6) is -0.0654. The molecular weight excluding hydrogens is 268 g/mol. The predicted octanol–water partition coefficient (Wildman–Crippen LogP) is 1.25. The van der Waals surface area contributed by atoms with Crippen molar-refractivity contribution in [3.8, 4) is 0 Å². The van der Waals surface area contributed by atoms with Gasteiger partial charge in [-0.25, -0.2) is 0 Å². The third-order valence-electron chi connectivity index (χ3n) is 3.95. The molecule has 1 aromatic rings. The van der Waals surface area contributed by atoms with E-state index in [2.05, 4.69) is 10.4 Å². The minimum atomic E-state index is -0.467. The van der Waals surface area contributed by atoms with Gasteiger partial charge in [0.1, 0.15) is 12.1 Å². The molecule has 6 nitrogen and oxygen atoms in total. The van der Waals surface area contributed by atoms with E-state index in [-0.39, 0.29) is 17.7 Å². The molecule has 21 heavy (non-hydrogen) atoms. The molecule has 2 heterocycles. The van der Waals surface area contributed by atoms with Crippen LogP contribution in [0.25, 0.3) is 0 Å². The summed E-state index contributed by atoms with van der Waals surface area (Å²) in [7, 11) is 1.83. The van der Waals surface area contributed by atoms with Crippen LogP contribution in [0, 0.1) is 5.92 Å². The van der Waals surface area contributed by atoms with Gasteiger partial charge in [0.2, 0.25) is 5.91 Å². The summed E-state index contributed by atoms with van der Waals surface area (Å²) >= 11 is 0. The molecule has 1 aliphatic rings. The number of nitrogens with zero attached hydrogens (tertiary/aromatic N) is 3. The van der Waals surface area contributed by atoms with Crippen molar-refractivity contribution in [2.75, 3.05) is 4.90 Å². The number of nitrogens with one attached hydrogen (secondary N) is 1. The van der Waals surface area contributed by atoms with Crippen molar-refractivity contribution in [1.29, 1.82) is 0 Å². The van der Waals surface area contributed by atoms with Crippen LogP contribution in [0.1, 0.15) is 39.8 Å². The fraction of sp³-hybridized carbons (Fsp3) is 0.667. The second-order valence-corrected chi connectivity index (χ2v) is 5.85. The highest BCUT2D eigenvalue weighted by atomic mass is 16.2. The molecule has 0 aromatic carbocycles. The number of anilines is 1. The first kappa shape index (κ1) is 15.5. The van der Waals surface area contributed by atoms with Crippen LogP contribution in [0.3, 0.4) is 0 Å². The second kappa shape index (κ2) is 5.87. The van der Waals surface area contributed by atoms with Crippen molar-refractivity contribution in [2.24, 2.45) is 13.0 Å². The molecule has 1 aliphatic heterocycles. The van der Waals surface area contributed by atoms with Crippen LogP contribution in [0.2, 0.25) is 0 Å². The maximum atomic E-state index is 12.8. The lowest BCUT2D eigenvalue weighted by atomic mass is 9.96. The second-order valence-electron chi connectivity index (χ2n) is 5.85. The predicted molar refractivity (Wildman–Crippen MR) is 80.9 cm³/mol. The molecule has 6 heteroatoms. The molecule has 1 fully saturated rings. The third kappa shape index (κ3) is 2.66. The lowest BCUT2D eigenvalue weighted by molar-refractivity contribution is -0.134. The van der Waals surface area contributed by atoms with E-state index >= 15 is 0 Å². The number of amides is 2. The summed E-state index contributed by atoms with van der Waals surface area (Å²) in [4.78, 5) is 26.8. The highest BCUT2D eigenvalue weighted by molar-refractivity contribution is 6.08. The first-order valence-electron chi connectivity index (χ1n) is 7.56. The van der Waals surface area contributed by atoms with E-state index in [9.17, 15) is 9.59 Å². The summed E-state index contributed by atoms with van der Waals surface area (Å²) in [6.07, 6.45) is 3.14. The number of aromatic nitrogens is 2. The summed E-state index contributed by atoms with van der Waals surface area (Å²) in [6.45, 7) is 7.80. The Morgan fingerprint density at radius 3 is 2.52 bits per heavy atom. The Labute approximate surface area is 125 Å². The highest BCUT2D eigenvalue weighted by Crippen LogP contribution is 2.28. The van der Waals surface area contributed by atoms with Crippen molar-refractivity contribution < 1.29 is 9.59 Å². The molecule has 0 radical (unpaired) electrons. The number of hydrogen-bond donors (Lipinski definition) is 1. The monoisotopic (exact) mass is 292 g/mol. The van der Waals surface area contributed by atoms with E-state index in [4.69, 9.17) is 0 Å². The number of aryl methyl sites for hydroxylation is 2. The van der Waals surface area contributed by atoms with Crippen LogP contribution < -0.4 is 10.2 Å². The van der Waals surface area contributed by atoms with Gasteiger partial charge in [-0.15, -0.1) is 0 Å². The molecule has 0 aliphatic carbocycles. The zero-order valence-electron chi connectivity index (χ0n) is 13.4. The summed E-state index contributed by atoms with van der Waals surface area (Å²) in [5, 5.41) is 7.25. The Morgan fingerprint density at radius 1 is 1.33 bits per heavy atom. The number of rotatable bonds is 4. The van der Waals surface area contributed by atoms with Gasteiger partial charge in [-0.3, -0.25) is 19.2 Å². The van der Waals surface area contributed by atoms with Gasteiger partial charge in [-0.1, -0.05) is 27.7 Å². The molecule has 0 bridgehead atoms. The minimum absolute atomic E-state index is 0.0425. The smallest absolute Gasteiger partial charge is 0.250 e. The van der Waals surface area contributed by atoms with Crippen molar-refractivity contribution >= 4 is 17.5 Å². The van der Waals surface area contributed by atoms with Gasteiger partial charge in [0.05, 0.1) is 11.4 Å². The lowest BCUT2D eigenvalue weighted by Gasteiger charge is -2.39. The van der Waals surface area contributed by atoms with Gasteiger partial charge in [0.15, 0.2) is 0 Å². The van der Waals surface area contributed by atoms with Crippen molar-refractivity contribution in [2.45, 2.75) is 52.6 Å². The summed E-state index contributed by atoms with van der Waals surface area (Å²) < 4.78 is 1.70. The van der Waals surface area contributed by atoms with E-state index < -0.39 is 12.1 Å². The van der Waals surface area contributed by atoms with Crippen LogP contribution in [-0.4, -0.2) is 33.7 Å². The van der Waals surface area contributed by atoms with Crippen LogP contribution in [0.15, 0.2) is 6.20 Å². The van der Waals surface area contributed by atoms with Gasteiger partial charge < -0.3 is 5.32 Å². The largest absolute Gasteiger partial charge is 0.342 e. The van der Waals surface area contributed by atoms with Crippen LogP contribution >= 0.6 is 0 Å². The molecule has 2 amide bonds. The summed E-state index contributed by atoms with van der Waals surface area (Å²) in [5.41, 5.74) is 1.61. The van der Waals surface area contributed by atoms with E-state index in [1.54, 1.807) is 9.58 Å². The Kier molecular flexibility index (Phi) is 4.34. The standard InChI is InChI=1S/C15H24N4O2/c1-6-10-12(8-18(5)17-10)19-11(7-2)14(20)16-13(9(3)4)15(19)21/h8-9,11,13H,6-7H2,1-5H3,(H,16,20). The first-order chi connectivity index (χ1) is 9.90. The van der Waals surface area contributed by atoms with Gasteiger partial charge >= 0.3 is 0 Å². The van der Waals surface area contributed by atoms with Gasteiger partial charge in [0.25, 0.3) is 5.91 Å². The SMILES string of the molecule is CCc1nn(C)cc1N1C(=O)C(C(C)C)NC(=O)C1CC. The van der Waals surface area contributed by atoms with E-state index in [1.807, 2.05) is 40.9 Å². The molecule has 2 unspecified atom stereocenters. The zero-order valence-corrected chi connectivity index (χ0v) is 13.4. The van der Waals surface area contributed by atoms with Gasteiger partial charge in [-0.2, -0.15) is 5.10 Å². The Bertz CT molecular complexity index is 550. The quantitative estimate of drug-likeness (QED) is 0.908. The highest BCUT2D eigenvalue weighted by Gasteiger charge is 2.42. The Balaban J connectivity index is 2.49. The third-order valence-corrected chi connectivity index (χ3v) is 3.95. The van der Waals surface area contributed by atoms with Crippen molar-refractivity contribution in [1.82, 2.24) is 15.1 Å². The fourth-order valence-electron chi connectivity index (χ4n) is 2.81. The Morgan fingerprint density at radius 2 is 2.00 bits per heavy atom. The topological polar surface area (TPSA) is 67.2 Å². The van der Waals surface area contributed by atoms with Crippen LogP contribution in [0.4, 0.5) is 5.69 Å². The van der Waals surface area contributed by atoms with E-state index in [0.29, 0.717) is 6.42 Å². The molecular formula is C15H24N4O2. The molecule has 2 atom stereocenters. The molecule has 1 aromatic heterocycles. The number of carbonyl (C=O) groups is 2. The van der Waals surface area contributed by atoms with Crippen LogP contribution in [0.5, 0.6) is 0 Å². The number of carbonyl (C=O) groups excluding carboxylic acids is 2. The van der Waals surface area contributed by atoms with Crippen LogP contribution in [-0.2, 0) is 23.1 Å². The lowest BCUT2D eigenvalue weighted by Crippen LogP contribution is -2.65. The van der Waals surface area contributed by atoms with Crippen molar-refractivity contribution in [3.05, 3.63) is 11.9 Å². The van der Waals surface area contributed by atoms with E-state index in [1.165, 1.54) is 0 Å². The molecule has 116 valence electrons. The molecule has 0 saturated carbocycles. The van der Waals surface area contributed by atoms with Gasteiger partial charge in [-0.05, 0) is 18.8 Å². The zero-order chi connectivity index (χ0) is 15.7. The molecule has 0 spiro atoms. The average molecular weight is 292 g/mol. The van der Waals surface area contributed by atoms with Crippen molar-refractivity contribution in [3.63, 3.8) is 0 Å². The van der Waals surface area contributed by atoms with Gasteiger partial charge in [0, 0.05) is 13.2 Å². The normalized spacial score (nSPS) is 22.9. The minimum Gasteiger partial charge on any atom is -0.342 e. The fourth-order valence-corrected chi connectivity index (χ4v) is 2.81. The molecule has 1 N–H and O–H groups in total. The molecule has 2 rings (SSSR count).